The lowest BCUT2D eigenvalue weighted by Gasteiger charge is -2.05. The van der Waals surface area contributed by atoms with Gasteiger partial charge in [0, 0.05) is 5.02 Å². The Bertz CT molecular complexity index is 856. The number of hydrazone groups is 1. The zero-order chi connectivity index (χ0) is 16.2. The topological polar surface area (TPSA) is 82.3 Å². The average molecular weight is 354 g/mol. The van der Waals surface area contributed by atoms with E-state index in [4.69, 9.17) is 28.5 Å². The van der Waals surface area contributed by atoms with E-state index >= 15 is 0 Å². The molecule has 0 spiro atoms. The lowest BCUT2D eigenvalue weighted by atomic mass is 10.3. The molecule has 2 rings (SSSR count). The molecule has 0 aliphatic rings. The van der Waals surface area contributed by atoms with Crippen LogP contribution in [-0.4, -0.2) is 13.5 Å². The fourth-order valence-corrected chi connectivity index (χ4v) is 2.84. The molecule has 2 aromatic rings. The van der Waals surface area contributed by atoms with Crippen LogP contribution in [0.2, 0.25) is 10.0 Å². The van der Waals surface area contributed by atoms with E-state index in [1.807, 2.05) is 0 Å². The Hall–Kier alpha value is -2.07. The van der Waals surface area contributed by atoms with Crippen LogP contribution in [0.5, 0.6) is 0 Å². The van der Waals surface area contributed by atoms with E-state index in [9.17, 15) is 8.42 Å². The molecule has 0 aromatic heterocycles. The van der Waals surface area contributed by atoms with Crippen molar-refractivity contribution < 1.29 is 8.42 Å². The normalized spacial score (nSPS) is 11.8. The highest BCUT2D eigenvalue weighted by Crippen LogP contribution is 2.21. The summed E-state index contributed by atoms with van der Waals surface area (Å²) in [5.41, 5.74) is 2.87. The van der Waals surface area contributed by atoms with Crippen molar-refractivity contribution in [2.24, 2.45) is 5.10 Å². The third-order valence-corrected chi connectivity index (χ3v) is 4.79. The number of hydrogen-bond donors (Lipinski definition) is 1. The predicted molar refractivity (Wildman–Crippen MR) is 86.8 cm³/mol. The van der Waals surface area contributed by atoms with Gasteiger partial charge in [0.1, 0.15) is 6.07 Å². The first-order chi connectivity index (χ1) is 10.4. The van der Waals surface area contributed by atoms with Gasteiger partial charge in [-0.2, -0.15) is 10.4 Å². The van der Waals surface area contributed by atoms with E-state index in [-0.39, 0.29) is 4.90 Å². The zero-order valence-electron chi connectivity index (χ0n) is 11.0. The molecule has 0 amide bonds. The van der Waals surface area contributed by atoms with Gasteiger partial charge in [-0.25, -0.2) is 8.42 Å². The Balaban J connectivity index is 2.35. The molecule has 0 saturated carbocycles. The van der Waals surface area contributed by atoms with Crippen LogP contribution in [-0.2, 0) is 9.84 Å². The van der Waals surface area contributed by atoms with Crippen LogP contribution in [0.15, 0.2) is 58.5 Å². The second-order valence-electron chi connectivity index (χ2n) is 4.08. The van der Waals surface area contributed by atoms with Crippen molar-refractivity contribution in [3.63, 3.8) is 0 Å². The van der Waals surface area contributed by atoms with E-state index in [2.05, 4.69) is 10.5 Å². The minimum atomic E-state index is -4.03. The Morgan fingerprint density at radius 1 is 1.09 bits per heavy atom. The van der Waals surface area contributed by atoms with Gasteiger partial charge in [0.25, 0.3) is 5.04 Å². The van der Waals surface area contributed by atoms with E-state index in [1.54, 1.807) is 30.3 Å². The zero-order valence-corrected chi connectivity index (χ0v) is 13.3. The Kier molecular flexibility index (Phi) is 5.03. The van der Waals surface area contributed by atoms with Crippen LogP contribution in [0, 0.1) is 11.3 Å². The van der Waals surface area contributed by atoms with Crippen LogP contribution in [0.25, 0.3) is 0 Å². The maximum absolute atomic E-state index is 12.3. The lowest BCUT2D eigenvalue weighted by Crippen LogP contribution is -2.15. The van der Waals surface area contributed by atoms with Crippen molar-refractivity contribution in [1.82, 2.24) is 0 Å². The summed E-state index contributed by atoms with van der Waals surface area (Å²) in [6, 6.07) is 13.7. The van der Waals surface area contributed by atoms with E-state index < -0.39 is 14.9 Å². The number of nitriles is 1. The van der Waals surface area contributed by atoms with Crippen molar-refractivity contribution in [2.45, 2.75) is 4.90 Å². The highest BCUT2D eigenvalue weighted by atomic mass is 35.5. The first kappa shape index (κ1) is 16.3. The average Bonchev–Trinajstić information content (AvgIpc) is 2.50. The van der Waals surface area contributed by atoms with Crippen molar-refractivity contribution in [3.8, 4) is 6.07 Å². The number of hydrogen-bond acceptors (Lipinski definition) is 5. The molecular weight excluding hydrogens is 345 g/mol. The first-order valence-electron chi connectivity index (χ1n) is 5.94. The van der Waals surface area contributed by atoms with Gasteiger partial charge in [-0.15, -0.1) is 0 Å². The number of halogens is 2. The number of nitrogens with zero attached hydrogens (tertiary/aromatic N) is 2. The molecule has 112 valence electrons. The number of anilines is 1. The van der Waals surface area contributed by atoms with Crippen molar-refractivity contribution in [2.75, 3.05) is 5.43 Å². The van der Waals surface area contributed by atoms with Crippen molar-refractivity contribution >= 4 is 43.8 Å². The van der Waals surface area contributed by atoms with Gasteiger partial charge in [-0.1, -0.05) is 35.3 Å². The van der Waals surface area contributed by atoms with Gasteiger partial charge >= 0.3 is 0 Å². The number of rotatable bonds is 3. The van der Waals surface area contributed by atoms with Gasteiger partial charge < -0.3 is 0 Å². The number of benzene rings is 2. The van der Waals surface area contributed by atoms with Crippen molar-refractivity contribution in [1.29, 1.82) is 5.26 Å². The minimum absolute atomic E-state index is 0.0711. The third kappa shape index (κ3) is 3.57. The van der Waals surface area contributed by atoms with Gasteiger partial charge in [0.2, 0.25) is 9.84 Å². The standard InChI is InChI=1S/C14H9Cl2N3O2S/c15-10-5-7-11(8-6-10)22(20,21)14(9-17)19-18-13-4-2-1-3-12(13)16/h1-8,18H. The monoisotopic (exact) mass is 353 g/mol. The number of para-hydroxylation sites is 1. The third-order valence-electron chi connectivity index (χ3n) is 2.63. The van der Waals surface area contributed by atoms with Gasteiger partial charge in [-0.3, -0.25) is 5.43 Å². The maximum atomic E-state index is 12.3. The van der Waals surface area contributed by atoms with Crippen LogP contribution >= 0.6 is 23.2 Å². The summed E-state index contributed by atoms with van der Waals surface area (Å²) in [6.07, 6.45) is 0. The predicted octanol–water partition coefficient (Wildman–Crippen LogP) is 3.72. The lowest BCUT2D eigenvalue weighted by molar-refractivity contribution is 0.607. The quantitative estimate of drug-likeness (QED) is 0.517. The molecular formula is C14H9Cl2N3O2S. The largest absolute Gasteiger partial charge is 0.275 e. The summed E-state index contributed by atoms with van der Waals surface area (Å²) in [6.45, 7) is 0. The maximum Gasteiger partial charge on any atom is 0.256 e. The van der Waals surface area contributed by atoms with Gasteiger partial charge in [0.15, 0.2) is 0 Å². The molecule has 0 aliphatic carbocycles. The second-order valence-corrected chi connectivity index (χ2v) is 6.79. The fraction of sp³-hybridized carbons (Fsp3) is 0. The Morgan fingerprint density at radius 2 is 1.73 bits per heavy atom. The molecule has 0 aliphatic heterocycles. The summed E-state index contributed by atoms with van der Waals surface area (Å²) < 4.78 is 24.6. The summed E-state index contributed by atoms with van der Waals surface area (Å²) in [5, 5.41) is 12.8. The van der Waals surface area contributed by atoms with Gasteiger partial charge in [0.05, 0.1) is 15.6 Å². The summed E-state index contributed by atoms with van der Waals surface area (Å²) in [5.74, 6) is 0. The highest BCUT2D eigenvalue weighted by molar-refractivity contribution is 8.07. The molecule has 0 heterocycles. The van der Waals surface area contributed by atoms with Crippen LogP contribution in [0.1, 0.15) is 0 Å². The molecule has 8 heteroatoms. The summed E-state index contributed by atoms with van der Waals surface area (Å²) in [7, 11) is -4.03. The molecule has 0 unspecified atom stereocenters. The van der Waals surface area contributed by atoms with E-state index in [1.165, 1.54) is 24.3 Å². The molecule has 0 radical (unpaired) electrons. The molecule has 0 bridgehead atoms. The van der Waals surface area contributed by atoms with Crippen LogP contribution in [0.4, 0.5) is 5.69 Å². The van der Waals surface area contributed by atoms with Crippen LogP contribution < -0.4 is 5.43 Å². The highest BCUT2D eigenvalue weighted by Gasteiger charge is 2.22. The Labute approximate surface area is 137 Å². The smallest absolute Gasteiger partial charge is 0.256 e. The SMILES string of the molecule is N#CC(=NNc1ccccc1Cl)S(=O)(=O)c1ccc(Cl)cc1. The summed E-state index contributed by atoms with van der Waals surface area (Å²) >= 11 is 11.6. The minimum Gasteiger partial charge on any atom is -0.275 e. The summed E-state index contributed by atoms with van der Waals surface area (Å²) in [4.78, 5) is -0.0711. The molecule has 2 aromatic carbocycles. The first-order valence-corrected chi connectivity index (χ1v) is 8.18. The van der Waals surface area contributed by atoms with E-state index in [0.717, 1.165) is 0 Å². The van der Waals surface area contributed by atoms with Crippen molar-refractivity contribution in [3.05, 3.63) is 58.6 Å². The molecule has 1 N–H and O–H groups in total. The number of nitrogens with one attached hydrogen (secondary N) is 1. The van der Waals surface area contributed by atoms with E-state index in [0.29, 0.717) is 15.7 Å². The number of sulfone groups is 1. The molecule has 0 fully saturated rings. The Morgan fingerprint density at radius 3 is 2.32 bits per heavy atom. The second kappa shape index (κ2) is 6.79. The molecule has 0 saturated heterocycles. The molecule has 5 nitrogen and oxygen atoms in total. The fourth-order valence-electron chi connectivity index (χ4n) is 1.53. The van der Waals surface area contributed by atoms with Gasteiger partial charge in [-0.05, 0) is 36.4 Å². The van der Waals surface area contributed by atoms with Crippen LogP contribution in [0.3, 0.4) is 0 Å². The molecule has 0 atom stereocenters. The molecule has 22 heavy (non-hydrogen) atoms.